The van der Waals surface area contributed by atoms with E-state index in [2.05, 4.69) is 10.3 Å². The highest BCUT2D eigenvalue weighted by molar-refractivity contribution is 5.97. The summed E-state index contributed by atoms with van der Waals surface area (Å²) in [5.74, 6) is 1.55. The Balaban J connectivity index is 1.43. The number of nitrogens with zero attached hydrogens (tertiary/aromatic N) is 3. The first kappa shape index (κ1) is 20.2. The van der Waals surface area contributed by atoms with E-state index in [1.54, 1.807) is 19.2 Å². The number of aryl methyl sites for hydroxylation is 1. The number of benzene rings is 2. The van der Waals surface area contributed by atoms with Crippen LogP contribution in [0, 0.1) is 5.92 Å². The Hall–Kier alpha value is -3.06. The number of fused-ring (bicyclic) bond motifs is 1. The number of carbonyl (C=O) groups is 1. The highest BCUT2D eigenvalue weighted by Gasteiger charge is 2.27. The van der Waals surface area contributed by atoms with E-state index >= 15 is 0 Å². The summed E-state index contributed by atoms with van der Waals surface area (Å²) in [7, 11) is 3.63. The van der Waals surface area contributed by atoms with Gasteiger partial charge in [-0.2, -0.15) is 0 Å². The van der Waals surface area contributed by atoms with Crippen LogP contribution in [0.5, 0.6) is 5.75 Å². The number of amides is 1. The second kappa shape index (κ2) is 8.75. The van der Waals surface area contributed by atoms with Gasteiger partial charge >= 0.3 is 0 Å². The predicted octanol–water partition coefficient (Wildman–Crippen LogP) is 3.04. The Morgan fingerprint density at radius 3 is 2.83 bits per heavy atom. The van der Waals surface area contributed by atoms with Gasteiger partial charge in [0.25, 0.3) is 5.91 Å². The Morgan fingerprint density at radius 2 is 2.07 bits per heavy atom. The van der Waals surface area contributed by atoms with Crippen molar-refractivity contribution in [1.82, 2.24) is 14.5 Å². The molecule has 1 saturated heterocycles. The van der Waals surface area contributed by atoms with Crippen molar-refractivity contribution in [2.75, 3.05) is 38.7 Å². The van der Waals surface area contributed by atoms with E-state index in [0.29, 0.717) is 24.6 Å². The van der Waals surface area contributed by atoms with Crippen LogP contribution < -0.4 is 5.32 Å². The van der Waals surface area contributed by atoms with Crippen LogP contribution in [-0.2, 0) is 18.2 Å². The molecule has 158 valence electrons. The topological polar surface area (TPSA) is 79.6 Å². The maximum atomic E-state index is 13.1. The SMILES string of the molecule is COCCNc1nc2cc(C(=O)N3CCC(Cc4ccc(O)cc4)C3)ccc2n1C. The Morgan fingerprint density at radius 1 is 1.27 bits per heavy atom. The summed E-state index contributed by atoms with van der Waals surface area (Å²) in [6.07, 6.45) is 1.91. The highest BCUT2D eigenvalue weighted by Crippen LogP contribution is 2.25. The quantitative estimate of drug-likeness (QED) is 0.588. The molecule has 0 saturated carbocycles. The summed E-state index contributed by atoms with van der Waals surface area (Å²) in [5.41, 5.74) is 3.66. The van der Waals surface area contributed by atoms with Gasteiger partial charge in [0, 0.05) is 39.4 Å². The lowest BCUT2D eigenvalue weighted by Crippen LogP contribution is -2.28. The molecule has 0 radical (unpaired) electrons. The number of hydrogen-bond acceptors (Lipinski definition) is 5. The number of aromatic nitrogens is 2. The molecule has 0 spiro atoms. The summed E-state index contributed by atoms with van der Waals surface area (Å²) < 4.78 is 7.06. The lowest BCUT2D eigenvalue weighted by Gasteiger charge is -2.17. The lowest BCUT2D eigenvalue weighted by atomic mass is 9.99. The molecule has 3 aromatic rings. The van der Waals surface area contributed by atoms with Crippen LogP contribution in [0.4, 0.5) is 5.95 Å². The van der Waals surface area contributed by atoms with E-state index in [4.69, 9.17) is 4.74 Å². The minimum atomic E-state index is 0.0599. The fourth-order valence-corrected chi connectivity index (χ4v) is 4.09. The first-order valence-corrected chi connectivity index (χ1v) is 10.3. The van der Waals surface area contributed by atoms with Crippen LogP contribution in [0.3, 0.4) is 0 Å². The van der Waals surface area contributed by atoms with Gasteiger partial charge in [0.2, 0.25) is 5.95 Å². The Bertz CT molecular complexity index is 1030. The van der Waals surface area contributed by atoms with Crippen molar-refractivity contribution in [2.24, 2.45) is 13.0 Å². The van der Waals surface area contributed by atoms with Crippen LogP contribution in [0.15, 0.2) is 42.5 Å². The summed E-state index contributed by atoms with van der Waals surface area (Å²) in [4.78, 5) is 19.6. The lowest BCUT2D eigenvalue weighted by molar-refractivity contribution is 0.0787. The molecule has 1 aliphatic rings. The molecule has 1 aromatic heterocycles. The minimum Gasteiger partial charge on any atom is -0.508 e. The summed E-state index contributed by atoms with van der Waals surface area (Å²) in [6, 6.07) is 13.1. The van der Waals surface area contributed by atoms with Crippen LogP contribution >= 0.6 is 0 Å². The van der Waals surface area contributed by atoms with Gasteiger partial charge in [0.05, 0.1) is 17.6 Å². The monoisotopic (exact) mass is 408 g/mol. The third-order valence-electron chi connectivity index (χ3n) is 5.75. The Labute approximate surface area is 176 Å². The van der Waals surface area contributed by atoms with Crippen molar-refractivity contribution in [1.29, 1.82) is 0 Å². The van der Waals surface area contributed by atoms with Crippen LogP contribution in [0.1, 0.15) is 22.3 Å². The van der Waals surface area contributed by atoms with Crippen molar-refractivity contribution in [2.45, 2.75) is 12.8 Å². The molecular formula is C23H28N4O3. The van der Waals surface area contributed by atoms with Gasteiger partial charge in [-0.1, -0.05) is 12.1 Å². The van der Waals surface area contributed by atoms with Crippen molar-refractivity contribution in [3.63, 3.8) is 0 Å². The van der Waals surface area contributed by atoms with E-state index in [0.717, 1.165) is 42.9 Å². The number of hydrogen-bond donors (Lipinski definition) is 2. The fraction of sp³-hybridized carbons (Fsp3) is 0.391. The normalized spacial score (nSPS) is 16.3. The molecule has 2 heterocycles. The molecule has 1 atom stereocenters. The smallest absolute Gasteiger partial charge is 0.253 e. The van der Waals surface area contributed by atoms with E-state index in [-0.39, 0.29) is 11.7 Å². The van der Waals surface area contributed by atoms with E-state index < -0.39 is 0 Å². The summed E-state index contributed by atoms with van der Waals surface area (Å²) >= 11 is 0. The molecule has 7 nitrogen and oxygen atoms in total. The standard InChI is InChI=1S/C23H28N4O3/c1-26-21-8-5-18(14-20(21)25-23(26)24-10-12-30-2)22(29)27-11-9-17(15-27)13-16-3-6-19(28)7-4-16/h3-8,14,17,28H,9-13,15H2,1-2H3,(H,24,25). The van der Waals surface area contributed by atoms with Crippen LogP contribution in [0.2, 0.25) is 0 Å². The van der Waals surface area contributed by atoms with Gasteiger partial charge in [-0.15, -0.1) is 0 Å². The third-order valence-corrected chi connectivity index (χ3v) is 5.75. The number of methoxy groups -OCH3 is 1. The van der Waals surface area contributed by atoms with Crippen molar-refractivity contribution in [3.8, 4) is 5.75 Å². The first-order chi connectivity index (χ1) is 14.5. The van der Waals surface area contributed by atoms with E-state index in [9.17, 15) is 9.90 Å². The number of rotatable bonds is 7. The zero-order valence-electron chi connectivity index (χ0n) is 17.5. The molecule has 2 N–H and O–H groups in total. The molecule has 2 aromatic carbocycles. The van der Waals surface area contributed by atoms with Gasteiger partial charge in [-0.05, 0) is 54.7 Å². The van der Waals surface area contributed by atoms with E-state index in [1.165, 1.54) is 5.56 Å². The number of likely N-dealkylation sites (tertiary alicyclic amines) is 1. The van der Waals surface area contributed by atoms with Gasteiger partial charge < -0.3 is 24.6 Å². The molecule has 0 aliphatic carbocycles. The van der Waals surface area contributed by atoms with Gasteiger partial charge in [-0.3, -0.25) is 4.79 Å². The first-order valence-electron chi connectivity index (χ1n) is 10.3. The second-order valence-corrected chi connectivity index (χ2v) is 7.89. The fourth-order valence-electron chi connectivity index (χ4n) is 4.09. The predicted molar refractivity (Wildman–Crippen MR) is 117 cm³/mol. The van der Waals surface area contributed by atoms with Gasteiger partial charge in [0.1, 0.15) is 5.75 Å². The largest absolute Gasteiger partial charge is 0.508 e. The summed E-state index contributed by atoms with van der Waals surface area (Å²) in [6.45, 7) is 2.80. The van der Waals surface area contributed by atoms with Gasteiger partial charge in [0.15, 0.2) is 0 Å². The number of aromatic hydroxyl groups is 1. The molecular weight excluding hydrogens is 380 g/mol. The molecule has 1 fully saturated rings. The Kier molecular flexibility index (Phi) is 5.90. The number of nitrogens with one attached hydrogen (secondary N) is 1. The number of phenols is 1. The molecule has 1 aliphatic heterocycles. The maximum Gasteiger partial charge on any atom is 0.253 e. The zero-order chi connectivity index (χ0) is 21.1. The van der Waals surface area contributed by atoms with Gasteiger partial charge in [-0.25, -0.2) is 4.98 Å². The van der Waals surface area contributed by atoms with Crippen LogP contribution in [0.25, 0.3) is 11.0 Å². The zero-order valence-corrected chi connectivity index (χ0v) is 17.5. The molecule has 4 rings (SSSR count). The molecule has 7 heteroatoms. The molecule has 30 heavy (non-hydrogen) atoms. The highest BCUT2D eigenvalue weighted by atomic mass is 16.5. The van der Waals surface area contributed by atoms with Crippen molar-refractivity contribution in [3.05, 3.63) is 53.6 Å². The van der Waals surface area contributed by atoms with Crippen molar-refractivity contribution < 1.29 is 14.6 Å². The molecule has 0 bridgehead atoms. The molecule has 1 unspecified atom stereocenters. The number of imidazole rings is 1. The van der Waals surface area contributed by atoms with Crippen LogP contribution in [-0.4, -0.2) is 58.8 Å². The average Bonchev–Trinajstić information content (AvgIpc) is 3.34. The second-order valence-electron chi connectivity index (χ2n) is 7.89. The number of ether oxygens (including phenoxy) is 1. The van der Waals surface area contributed by atoms with Crippen molar-refractivity contribution >= 4 is 22.9 Å². The van der Waals surface area contributed by atoms with E-state index in [1.807, 2.05) is 46.8 Å². The summed E-state index contributed by atoms with van der Waals surface area (Å²) in [5, 5.41) is 12.7. The minimum absolute atomic E-state index is 0.0599. The maximum absolute atomic E-state index is 13.1. The number of anilines is 1. The number of phenolic OH excluding ortho intramolecular Hbond substituents is 1. The molecule has 1 amide bonds. The number of carbonyl (C=O) groups excluding carboxylic acids is 1. The third kappa shape index (κ3) is 4.26. The average molecular weight is 409 g/mol.